The van der Waals surface area contributed by atoms with Gasteiger partial charge in [0.05, 0.1) is 19.1 Å². The van der Waals surface area contributed by atoms with E-state index in [-0.39, 0.29) is 11.7 Å². The van der Waals surface area contributed by atoms with E-state index in [1.165, 1.54) is 36.7 Å². The van der Waals surface area contributed by atoms with E-state index in [9.17, 15) is 9.90 Å². The Morgan fingerprint density at radius 3 is 2.74 bits per heavy atom. The number of amides is 1. The van der Waals surface area contributed by atoms with Crippen molar-refractivity contribution < 1.29 is 14.6 Å². The number of nitrogens with zero attached hydrogens (tertiary/aromatic N) is 1. The second-order valence-electron chi connectivity index (χ2n) is 4.83. The Morgan fingerprint density at radius 2 is 2.04 bits per heavy atom. The van der Waals surface area contributed by atoms with E-state index in [0.29, 0.717) is 17.1 Å². The molecular weight excluding hydrogens is 312 g/mol. The summed E-state index contributed by atoms with van der Waals surface area (Å²) < 4.78 is 5.01. The lowest BCUT2D eigenvalue weighted by molar-refractivity contribution is -0.118. The number of nitrogens with one attached hydrogen (secondary N) is 1. The van der Waals surface area contributed by atoms with Crippen molar-refractivity contribution in [3.63, 3.8) is 0 Å². The third kappa shape index (κ3) is 5.34. The van der Waals surface area contributed by atoms with E-state index in [1.54, 1.807) is 12.1 Å². The zero-order valence-electron chi connectivity index (χ0n) is 12.9. The summed E-state index contributed by atoms with van der Waals surface area (Å²) in [5.74, 6) is 0.523. The lowest BCUT2D eigenvalue weighted by atomic mass is 10.2. The molecular formula is C17H18N2O3S. The summed E-state index contributed by atoms with van der Waals surface area (Å²) in [7, 11) is 1.47. The number of aryl methyl sites for hydroxylation is 1. The van der Waals surface area contributed by atoms with Crippen LogP contribution in [0.2, 0.25) is 0 Å². The zero-order chi connectivity index (χ0) is 16.7. The normalized spacial score (nSPS) is 10.7. The largest absolute Gasteiger partial charge is 0.504 e. The molecule has 0 bridgehead atoms. The van der Waals surface area contributed by atoms with Crippen molar-refractivity contribution in [3.8, 4) is 11.5 Å². The van der Waals surface area contributed by atoms with Crippen LogP contribution in [0.15, 0.2) is 52.5 Å². The molecule has 1 amide bonds. The number of aromatic hydroxyl groups is 1. The molecule has 2 N–H and O–H groups in total. The van der Waals surface area contributed by atoms with Gasteiger partial charge in [0.1, 0.15) is 0 Å². The minimum absolute atomic E-state index is 0.0585. The fourth-order valence-electron chi connectivity index (χ4n) is 1.77. The number of phenolic OH excluding ortho intramolecular Hbond substituents is 1. The first kappa shape index (κ1) is 16.9. The van der Waals surface area contributed by atoms with Crippen molar-refractivity contribution in [2.24, 2.45) is 5.10 Å². The van der Waals surface area contributed by atoms with Gasteiger partial charge in [-0.05, 0) is 42.8 Å². The molecule has 0 unspecified atom stereocenters. The highest BCUT2D eigenvalue weighted by Crippen LogP contribution is 2.25. The van der Waals surface area contributed by atoms with E-state index in [0.717, 1.165) is 4.90 Å². The minimum atomic E-state index is -0.183. The number of hydrazone groups is 1. The Balaban J connectivity index is 1.82. The number of hydrogen-bond donors (Lipinski definition) is 2. The quantitative estimate of drug-likeness (QED) is 0.485. The van der Waals surface area contributed by atoms with Gasteiger partial charge in [0.15, 0.2) is 11.5 Å². The van der Waals surface area contributed by atoms with Crippen LogP contribution in [0.4, 0.5) is 0 Å². The Labute approximate surface area is 139 Å². The number of ether oxygens (including phenoxy) is 1. The van der Waals surface area contributed by atoms with Gasteiger partial charge in [-0.25, -0.2) is 5.43 Å². The average Bonchev–Trinajstić information content (AvgIpc) is 2.56. The molecule has 0 atom stereocenters. The molecule has 0 fully saturated rings. The average molecular weight is 330 g/mol. The summed E-state index contributed by atoms with van der Waals surface area (Å²) >= 11 is 1.45. The fourth-order valence-corrected chi connectivity index (χ4v) is 2.46. The van der Waals surface area contributed by atoms with Gasteiger partial charge in [-0.1, -0.05) is 17.7 Å². The van der Waals surface area contributed by atoms with Crippen LogP contribution in [0, 0.1) is 6.92 Å². The summed E-state index contributed by atoms with van der Waals surface area (Å²) in [6, 6.07) is 12.8. The zero-order valence-corrected chi connectivity index (χ0v) is 13.8. The molecule has 0 spiro atoms. The van der Waals surface area contributed by atoms with E-state index in [1.807, 2.05) is 31.2 Å². The van der Waals surface area contributed by atoms with Crippen molar-refractivity contribution in [1.82, 2.24) is 5.43 Å². The molecule has 0 aromatic heterocycles. The smallest absolute Gasteiger partial charge is 0.250 e. The molecule has 23 heavy (non-hydrogen) atoms. The maximum atomic E-state index is 11.7. The molecule has 2 rings (SSSR count). The molecule has 0 aliphatic rings. The van der Waals surface area contributed by atoms with Gasteiger partial charge in [0, 0.05) is 4.90 Å². The number of carbonyl (C=O) groups excluding carboxylic acids is 1. The summed E-state index contributed by atoms with van der Waals surface area (Å²) in [5.41, 5.74) is 4.37. The second-order valence-corrected chi connectivity index (χ2v) is 5.87. The Hall–Kier alpha value is -2.47. The van der Waals surface area contributed by atoms with Crippen LogP contribution >= 0.6 is 11.8 Å². The number of hydrogen-bond acceptors (Lipinski definition) is 5. The predicted octanol–water partition coefficient (Wildman–Crippen LogP) is 2.95. The topological polar surface area (TPSA) is 70.9 Å². The van der Waals surface area contributed by atoms with Crippen LogP contribution in [-0.2, 0) is 4.79 Å². The van der Waals surface area contributed by atoms with Crippen molar-refractivity contribution >= 4 is 23.9 Å². The highest BCUT2D eigenvalue weighted by atomic mass is 32.2. The molecule has 0 radical (unpaired) electrons. The van der Waals surface area contributed by atoms with Crippen LogP contribution in [0.1, 0.15) is 11.1 Å². The van der Waals surface area contributed by atoms with Gasteiger partial charge in [0.2, 0.25) is 5.91 Å². The first-order valence-corrected chi connectivity index (χ1v) is 7.95. The monoisotopic (exact) mass is 330 g/mol. The first-order valence-electron chi connectivity index (χ1n) is 6.97. The molecule has 6 heteroatoms. The number of benzene rings is 2. The number of thioether (sulfide) groups is 1. The van der Waals surface area contributed by atoms with Crippen molar-refractivity contribution in [3.05, 3.63) is 53.6 Å². The maximum Gasteiger partial charge on any atom is 0.250 e. The first-order chi connectivity index (χ1) is 11.1. The van der Waals surface area contributed by atoms with E-state index in [4.69, 9.17) is 4.74 Å². The molecule has 0 saturated heterocycles. The van der Waals surface area contributed by atoms with Gasteiger partial charge in [-0.15, -0.1) is 11.8 Å². The van der Waals surface area contributed by atoms with Crippen molar-refractivity contribution in [2.75, 3.05) is 12.9 Å². The number of carbonyl (C=O) groups is 1. The molecule has 120 valence electrons. The SMILES string of the molecule is COc1cc(/C=N\NC(=O)CSc2ccc(C)cc2)ccc1O. The molecule has 0 saturated carbocycles. The van der Waals surface area contributed by atoms with Crippen LogP contribution in [0.3, 0.4) is 0 Å². The lowest BCUT2D eigenvalue weighted by Crippen LogP contribution is -2.19. The Bertz CT molecular complexity index is 699. The number of rotatable bonds is 6. The Kier molecular flexibility index (Phi) is 6.05. The van der Waals surface area contributed by atoms with Crippen LogP contribution in [-0.4, -0.2) is 30.1 Å². The van der Waals surface area contributed by atoms with Crippen molar-refractivity contribution in [1.29, 1.82) is 0 Å². The summed E-state index contributed by atoms with van der Waals surface area (Å²) in [6.07, 6.45) is 1.50. The second kappa shape index (κ2) is 8.24. The predicted molar refractivity (Wildman–Crippen MR) is 92.3 cm³/mol. The lowest BCUT2D eigenvalue weighted by Gasteiger charge is -2.04. The molecule has 5 nitrogen and oxygen atoms in total. The van der Waals surface area contributed by atoms with Gasteiger partial charge in [-0.2, -0.15) is 5.10 Å². The third-order valence-electron chi connectivity index (χ3n) is 3.00. The van der Waals surface area contributed by atoms with Crippen LogP contribution in [0.5, 0.6) is 11.5 Å². The molecule has 2 aromatic carbocycles. The maximum absolute atomic E-state index is 11.7. The summed E-state index contributed by atoms with van der Waals surface area (Å²) in [5, 5.41) is 13.4. The fraction of sp³-hybridized carbons (Fsp3) is 0.176. The molecule has 0 heterocycles. The van der Waals surface area contributed by atoms with E-state index >= 15 is 0 Å². The van der Waals surface area contributed by atoms with Crippen LogP contribution < -0.4 is 10.2 Å². The highest BCUT2D eigenvalue weighted by Gasteiger charge is 2.03. The number of methoxy groups -OCH3 is 1. The number of phenols is 1. The Morgan fingerprint density at radius 1 is 1.30 bits per heavy atom. The van der Waals surface area contributed by atoms with Crippen molar-refractivity contribution in [2.45, 2.75) is 11.8 Å². The van der Waals surface area contributed by atoms with Crippen LogP contribution in [0.25, 0.3) is 0 Å². The molecule has 0 aliphatic carbocycles. The molecule has 2 aromatic rings. The van der Waals surface area contributed by atoms with Gasteiger partial charge < -0.3 is 9.84 Å². The molecule has 0 aliphatic heterocycles. The highest BCUT2D eigenvalue weighted by molar-refractivity contribution is 8.00. The standard InChI is InChI=1S/C17H18N2O3S/c1-12-3-6-14(7-4-12)23-11-17(21)19-18-10-13-5-8-15(20)16(9-13)22-2/h3-10,20H,11H2,1-2H3,(H,19,21)/b18-10-. The van der Waals surface area contributed by atoms with Gasteiger partial charge in [-0.3, -0.25) is 4.79 Å². The minimum Gasteiger partial charge on any atom is -0.504 e. The van der Waals surface area contributed by atoms with Gasteiger partial charge >= 0.3 is 0 Å². The summed E-state index contributed by atoms with van der Waals surface area (Å²) in [4.78, 5) is 12.8. The third-order valence-corrected chi connectivity index (χ3v) is 4.01. The van der Waals surface area contributed by atoms with E-state index < -0.39 is 0 Å². The summed E-state index contributed by atoms with van der Waals surface area (Å²) in [6.45, 7) is 2.02. The van der Waals surface area contributed by atoms with E-state index in [2.05, 4.69) is 10.5 Å². The van der Waals surface area contributed by atoms with Gasteiger partial charge in [0.25, 0.3) is 0 Å².